The fourth-order valence-electron chi connectivity index (χ4n) is 3.74. The van der Waals surface area contributed by atoms with Gasteiger partial charge >= 0.3 is 0 Å². The van der Waals surface area contributed by atoms with E-state index in [9.17, 15) is 4.39 Å². The minimum atomic E-state index is -0.311. The summed E-state index contributed by atoms with van der Waals surface area (Å²) >= 11 is 0. The van der Waals surface area contributed by atoms with Gasteiger partial charge in [-0.2, -0.15) is 0 Å². The van der Waals surface area contributed by atoms with Crippen LogP contribution >= 0.6 is 24.0 Å². The lowest BCUT2D eigenvalue weighted by atomic mass is 10.2. The maximum atomic E-state index is 13.9. The van der Waals surface area contributed by atoms with Crippen LogP contribution in [0.25, 0.3) is 0 Å². The fourth-order valence-corrected chi connectivity index (χ4v) is 3.74. The number of hydrogen-bond acceptors (Lipinski definition) is 4. The van der Waals surface area contributed by atoms with Gasteiger partial charge in [0.2, 0.25) is 0 Å². The lowest BCUT2D eigenvalue weighted by Gasteiger charge is -2.36. The maximum Gasteiger partial charge on any atom is 0.194 e. The predicted molar refractivity (Wildman–Crippen MR) is 132 cm³/mol. The molecular formula is C22H34FIN6O. The summed E-state index contributed by atoms with van der Waals surface area (Å²) in [5, 5.41) is 3.45. The first-order valence-corrected chi connectivity index (χ1v) is 10.5. The number of imidazole rings is 1. The number of piperazine rings is 1. The summed E-state index contributed by atoms with van der Waals surface area (Å²) < 4.78 is 21.1. The highest BCUT2D eigenvalue weighted by molar-refractivity contribution is 14.0. The van der Waals surface area contributed by atoms with Crippen molar-refractivity contribution in [2.75, 3.05) is 40.3 Å². The van der Waals surface area contributed by atoms with Crippen molar-refractivity contribution in [2.45, 2.75) is 33.5 Å². The molecular weight excluding hydrogens is 510 g/mol. The van der Waals surface area contributed by atoms with Crippen LogP contribution in [-0.4, -0.2) is 65.6 Å². The van der Waals surface area contributed by atoms with E-state index in [2.05, 4.69) is 43.5 Å². The second-order valence-electron chi connectivity index (χ2n) is 8.02. The van der Waals surface area contributed by atoms with Crippen LogP contribution in [-0.2, 0) is 19.6 Å². The Hall–Kier alpha value is -1.88. The number of hydrogen-bond donors (Lipinski definition) is 1. The molecule has 0 bridgehead atoms. The molecule has 1 aliphatic rings. The molecule has 7 nitrogen and oxygen atoms in total. The van der Waals surface area contributed by atoms with E-state index in [1.165, 1.54) is 7.11 Å². The third kappa shape index (κ3) is 7.06. The highest BCUT2D eigenvalue weighted by Gasteiger charge is 2.20. The van der Waals surface area contributed by atoms with Crippen LogP contribution in [0.15, 0.2) is 35.6 Å². The average Bonchev–Trinajstić information content (AvgIpc) is 3.16. The fraction of sp³-hybridized carbons (Fsp3) is 0.545. The van der Waals surface area contributed by atoms with Crippen LogP contribution in [0.1, 0.15) is 25.2 Å². The second-order valence-corrected chi connectivity index (χ2v) is 8.02. The molecule has 0 atom stereocenters. The zero-order valence-corrected chi connectivity index (χ0v) is 21.2. The lowest BCUT2D eigenvalue weighted by molar-refractivity contribution is 0.172. The zero-order valence-electron chi connectivity index (χ0n) is 18.8. The van der Waals surface area contributed by atoms with Gasteiger partial charge in [-0.15, -0.1) is 24.0 Å². The third-order valence-corrected chi connectivity index (χ3v) is 5.27. The molecule has 0 aliphatic carbocycles. The summed E-state index contributed by atoms with van der Waals surface area (Å²) in [5.41, 5.74) is 0.959. The molecule has 0 unspecified atom stereocenters. The summed E-state index contributed by atoms with van der Waals surface area (Å²) in [5.74, 6) is 2.46. The molecule has 0 radical (unpaired) electrons. The Bertz CT molecular complexity index is 848. The molecule has 2 heterocycles. The summed E-state index contributed by atoms with van der Waals surface area (Å²) in [4.78, 5) is 13.5. The maximum absolute atomic E-state index is 13.9. The topological polar surface area (TPSA) is 57.9 Å². The van der Waals surface area contributed by atoms with Crippen LogP contribution in [0.3, 0.4) is 0 Å². The van der Waals surface area contributed by atoms with Gasteiger partial charge in [0.15, 0.2) is 17.5 Å². The number of halogens is 2. The Morgan fingerprint density at radius 1 is 1.26 bits per heavy atom. The highest BCUT2D eigenvalue weighted by Crippen LogP contribution is 2.19. The molecule has 1 aromatic carbocycles. The van der Waals surface area contributed by atoms with Gasteiger partial charge in [-0.1, -0.05) is 19.9 Å². The SMILES string of the molecule is CN=C(NCc1nccn1CC(C)C)N1CCN(Cc2ccc(OC)c(F)c2)CC1.I. The van der Waals surface area contributed by atoms with E-state index in [0.717, 1.165) is 56.6 Å². The Balaban J connectivity index is 0.00000341. The lowest BCUT2D eigenvalue weighted by Crippen LogP contribution is -2.52. The molecule has 31 heavy (non-hydrogen) atoms. The van der Waals surface area contributed by atoms with Crippen molar-refractivity contribution in [1.29, 1.82) is 0 Å². The molecule has 9 heteroatoms. The molecule has 3 rings (SSSR count). The molecule has 1 saturated heterocycles. The molecule has 0 saturated carbocycles. The standard InChI is InChI=1S/C22H33FN6O.HI/c1-17(2)15-29-8-7-25-21(29)14-26-22(24-3)28-11-9-27(10-12-28)16-18-5-6-20(30-4)19(23)13-18;/h5-8,13,17H,9-12,14-16H2,1-4H3,(H,24,26);1H. The number of guanidine groups is 1. The van der Waals surface area contributed by atoms with Crippen LogP contribution in [0, 0.1) is 11.7 Å². The van der Waals surface area contributed by atoms with Gasteiger partial charge in [-0.3, -0.25) is 9.89 Å². The van der Waals surface area contributed by atoms with Crippen molar-refractivity contribution in [2.24, 2.45) is 10.9 Å². The molecule has 0 spiro atoms. The Morgan fingerprint density at radius 3 is 2.61 bits per heavy atom. The molecule has 1 aliphatic heterocycles. The van der Waals surface area contributed by atoms with Crippen molar-refractivity contribution in [3.63, 3.8) is 0 Å². The van der Waals surface area contributed by atoms with E-state index < -0.39 is 0 Å². The summed E-state index contributed by atoms with van der Waals surface area (Å²) in [6.45, 7) is 10.3. The van der Waals surface area contributed by atoms with Crippen LogP contribution in [0.2, 0.25) is 0 Å². The number of rotatable bonds is 7. The van der Waals surface area contributed by atoms with Crippen molar-refractivity contribution >= 4 is 29.9 Å². The van der Waals surface area contributed by atoms with E-state index in [0.29, 0.717) is 12.5 Å². The molecule has 2 aromatic rings. The van der Waals surface area contributed by atoms with E-state index in [1.54, 1.807) is 12.1 Å². The van der Waals surface area contributed by atoms with Gasteiger partial charge in [0.1, 0.15) is 5.82 Å². The number of methoxy groups -OCH3 is 1. The number of nitrogens with zero attached hydrogens (tertiary/aromatic N) is 5. The average molecular weight is 544 g/mol. The molecule has 1 aromatic heterocycles. The largest absolute Gasteiger partial charge is 0.494 e. The van der Waals surface area contributed by atoms with Crippen molar-refractivity contribution in [3.8, 4) is 5.75 Å². The van der Waals surface area contributed by atoms with Gasteiger partial charge < -0.3 is 19.5 Å². The van der Waals surface area contributed by atoms with Gasteiger partial charge in [0.05, 0.1) is 13.7 Å². The van der Waals surface area contributed by atoms with E-state index in [4.69, 9.17) is 4.74 Å². The van der Waals surface area contributed by atoms with Gasteiger partial charge in [-0.25, -0.2) is 9.37 Å². The quantitative estimate of drug-likeness (QED) is 0.330. The van der Waals surface area contributed by atoms with E-state index in [1.807, 2.05) is 25.5 Å². The van der Waals surface area contributed by atoms with Gasteiger partial charge in [0.25, 0.3) is 0 Å². The van der Waals surface area contributed by atoms with Crippen LogP contribution in [0.4, 0.5) is 4.39 Å². The van der Waals surface area contributed by atoms with Crippen molar-refractivity contribution in [1.82, 2.24) is 24.7 Å². The minimum Gasteiger partial charge on any atom is -0.494 e. The van der Waals surface area contributed by atoms with Crippen LogP contribution in [0.5, 0.6) is 5.75 Å². The molecule has 0 amide bonds. The predicted octanol–water partition coefficient (Wildman–Crippen LogP) is 3.20. The first kappa shape index (κ1) is 25.4. The van der Waals surface area contributed by atoms with Gasteiger partial charge in [-0.05, 0) is 23.6 Å². The monoisotopic (exact) mass is 544 g/mol. The van der Waals surface area contributed by atoms with Crippen LogP contribution < -0.4 is 10.1 Å². The van der Waals surface area contributed by atoms with Crippen molar-refractivity contribution < 1.29 is 9.13 Å². The number of benzene rings is 1. The number of ether oxygens (including phenoxy) is 1. The van der Waals surface area contributed by atoms with E-state index in [-0.39, 0.29) is 35.5 Å². The van der Waals surface area contributed by atoms with Crippen molar-refractivity contribution in [3.05, 3.63) is 47.8 Å². The molecule has 1 N–H and O–H groups in total. The number of nitrogens with one attached hydrogen (secondary N) is 1. The highest BCUT2D eigenvalue weighted by atomic mass is 127. The molecule has 172 valence electrons. The summed E-state index contributed by atoms with van der Waals surface area (Å²) in [7, 11) is 3.30. The molecule has 1 fully saturated rings. The third-order valence-electron chi connectivity index (χ3n) is 5.27. The summed E-state index contributed by atoms with van der Waals surface area (Å²) in [6.07, 6.45) is 3.88. The minimum absolute atomic E-state index is 0. The second kappa shape index (κ2) is 12.2. The first-order valence-electron chi connectivity index (χ1n) is 10.5. The zero-order chi connectivity index (χ0) is 21.5. The Kier molecular flexibility index (Phi) is 10.0. The number of aromatic nitrogens is 2. The van der Waals surface area contributed by atoms with E-state index >= 15 is 0 Å². The smallest absolute Gasteiger partial charge is 0.194 e. The van der Waals surface area contributed by atoms with Gasteiger partial charge in [0, 0.05) is 58.7 Å². The normalized spacial score (nSPS) is 15.2. The summed E-state index contributed by atoms with van der Waals surface area (Å²) in [6, 6.07) is 5.18. The Morgan fingerprint density at radius 2 is 2.00 bits per heavy atom. The Labute approximate surface area is 201 Å². The number of aliphatic imine (C=N–C) groups is 1. The first-order chi connectivity index (χ1) is 14.5.